The number of allylic oxidation sites excluding steroid dienone is 3. The van der Waals surface area contributed by atoms with Gasteiger partial charge in [-0.3, -0.25) is 4.99 Å². The van der Waals surface area contributed by atoms with Crippen LogP contribution in [0.5, 0.6) is 0 Å². The van der Waals surface area contributed by atoms with E-state index >= 15 is 0 Å². The summed E-state index contributed by atoms with van der Waals surface area (Å²) in [4.78, 5) is 4.40. The molecule has 84 valence electrons. The first-order chi connectivity index (χ1) is 7.49. The molecular weight excluding hydrogens is 194 g/mol. The van der Waals surface area contributed by atoms with Crippen LogP contribution in [0.3, 0.4) is 0 Å². The molecular formula is C15H19N. The van der Waals surface area contributed by atoms with Crippen molar-refractivity contribution in [2.24, 2.45) is 4.99 Å². The zero-order valence-electron chi connectivity index (χ0n) is 10.5. The third-order valence-electron chi connectivity index (χ3n) is 2.29. The van der Waals surface area contributed by atoms with Gasteiger partial charge in [0.05, 0.1) is 0 Å². The maximum atomic E-state index is 4.40. The zero-order chi connectivity index (χ0) is 12.1. The molecule has 1 aromatic carbocycles. The van der Waals surface area contributed by atoms with E-state index in [1.807, 2.05) is 26.1 Å². The van der Waals surface area contributed by atoms with Gasteiger partial charge in [-0.25, -0.2) is 0 Å². The van der Waals surface area contributed by atoms with Crippen molar-refractivity contribution in [2.75, 3.05) is 0 Å². The Labute approximate surface area is 98.2 Å². The summed E-state index contributed by atoms with van der Waals surface area (Å²) in [5, 5.41) is 0. The van der Waals surface area contributed by atoms with Gasteiger partial charge in [0, 0.05) is 11.9 Å². The summed E-state index contributed by atoms with van der Waals surface area (Å²) in [6, 6.07) is 6.37. The molecule has 0 saturated carbocycles. The molecule has 0 fully saturated rings. The smallest absolute Gasteiger partial charge is 0.0375 e. The van der Waals surface area contributed by atoms with E-state index in [4.69, 9.17) is 0 Å². The fraction of sp³-hybridized carbons (Fsp3) is 0.267. The highest BCUT2D eigenvalue weighted by Crippen LogP contribution is 2.09. The number of aryl methyl sites for hydroxylation is 2. The van der Waals surface area contributed by atoms with Crippen molar-refractivity contribution in [1.29, 1.82) is 0 Å². The molecule has 0 aliphatic heterocycles. The van der Waals surface area contributed by atoms with Crippen LogP contribution < -0.4 is 0 Å². The molecule has 0 radical (unpaired) electrons. The van der Waals surface area contributed by atoms with E-state index in [-0.39, 0.29) is 0 Å². The Balaban J connectivity index is 2.88. The van der Waals surface area contributed by atoms with Gasteiger partial charge >= 0.3 is 0 Å². The molecule has 0 aromatic heterocycles. The molecule has 0 saturated heterocycles. The topological polar surface area (TPSA) is 12.4 Å². The van der Waals surface area contributed by atoms with Gasteiger partial charge in [0.2, 0.25) is 0 Å². The molecule has 0 bridgehead atoms. The molecule has 1 aromatic rings. The van der Waals surface area contributed by atoms with Gasteiger partial charge in [-0.2, -0.15) is 0 Å². The lowest BCUT2D eigenvalue weighted by Gasteiger charge is -2.01. The normalized spacial score (nSPS) is 12.1. The molecule has 16 heavy (non-hydrogen) atoms. The monoisotopic (exact) mass is 213 g/mol. The zero-order valence-corrected chi connectivity index (χ0v) is 10.5. The van der Waals surface area contributed by atoms with Crippen molar-refractivity contribution in [1.82, 2.24) is 0 Å². The summed E-state index contributed by atoms with van der Waals surface area (Å²) >= 11 is 0. The van der Waals surface area contributed by atoms with Crippen LogP contribution in [0.15, 0.2) is 47.1 Å². The number of nitrogens with zero attached hydrogens (tertiary/aromatic N) is 1. The predicted molar refractivity (Wildman–Crippen MR) is 72.1 cm³/mol. The molecule has 0 spiro atoms. The Morgan fingerprint density at radius 1 is 1.25 bits per heavy atom. The second-order valence-corrected chi connectivity index (χ2v) is 4.25. The van der Waals surface area contributed by atoms with E-state index in [9.17, 15) is 0 Å². The Kier molecular flexibility index (Phi) is 4.24. The maximum absolute atomic E-state index is 4.40. The summed E-state index contributed by atoms with van der Waals surface area (Å²) in [7, 11) is 0. The summed E-state index contributed by atoms with van der Waals surface area (Å²) in [6.07, 6.45) is 3.88. The standard InChI is InChI=1S/C15H19N/c1-11(2)8-14(5)16-10-15-7-6-12(3)9-13(15)4/h6-10H,1H2,2-5H3/b14-8+,16-10?. The van der Waals surface area contributed by atoms with Crippen LogP contribution in [0.25, 0.3) is 0 Å². The fourth-order valence-corrected chi connectivity index (χ4v) is 1.54. The molecule has 0 amide bonds. The van der Waals surface area contributed by atoms with E-state index in [0.717, 1.165) is 11.3 Å². The van der Waals surface area contributed by atoms with E-state index < -0.39 is 0 Å². The molecule has 0 heterocycles. The molecule has 1 nitrogen and oxygen atoms in total. The van der Waals surface area contributed by atoms with Crippen LogP contribution in [-0.4, -0.2) is 6.21 Å². The quantitative estimate of drug-likeness (QED) is 0.527. The SMILES string of the molecule is C=C(C)/C=C(\C)N=Cc1ccc(C)cc1C. The summed E-state index contributed by atoms with van der Waals surface area (Å²) in [6.45, 7) is 12.0. The fourth-order valence-electron chi connectivity index (χ4n) is 1.54. The Morgan fingerprint density at radius 3 is 2.50 bits per heavy atom. The van der Waals surface area contributed by atoms with Gasteiger partial charge in [-0.15, -0.1) is 0 Å². The van der Waals surface area contributed by atoms with E-state index in [2.05, 4.69) is 43.6 Å². The Bertz CT molecular complexity index is 451. The summed E-state index contributed by atoms with van der Waals surface area (Å²) in [5.74, 6) is 0. The van der Waals surface area contributed by atoms with Gasteiger partial charge < -0.3 is 0 Å². The number of aliphatic imine (C=N–C) groups is 1. The molecule has 0 aliphatic carbocycles. The predicted octanol–water partition coefficient (Wildman–Crippen LogP) is 4.20. The molecule has 1 rings (SSSR count). The largest absolute Gasteiger partial charge is 0.261 e. The molecule has 0 atom stereocenters. The lowest BCUT2D eigenvalue weighted by atomic mass is 10.1. The van der Waals surface area contributed by atoms with E-state index in [0.29, 0.717) is 0 Å². The third-order valence-corrected chi connectivity index (χ3v) is 2.29. The average molecular weight is 213 g/mol. The minimum atomic E-state index is 0.979. The minimum Gasteiger partial charge on any atom is -0.261 e. The Morgan fingerprint density at radius 2 is 1.94 bits per heavy atom. The molecule has 1 heteroatoms. The van der Waals surface area contributed by atoms with Gasteiger partial charge in [-0.1, -0.05) is 35.9 Å². The number of benzene rings is 1. The molecule has 0 N–H and O–H groups in total. The lowest BCUT2D eigenvalue weighted by molar-refractivity contribution is 1.29. The first-order valence-electron chi connectivity index (χ1n) is 5.44. The van der Waals surface area contributed by atoms with Gasteiger partial charge in [0.15, 0.2) is 0 Å². The van der Waals surface area contributed by atoms with Crippen molar-refractivity contribution < 1.29 is 0 Å². The average Bonchev–Trinajstić information content (AvgIpc) is 2.15. The third kappa shape index (κ3) is 3.85. The Hall–Kier alpha value is -1.63. The van der Waals surface area contributed by atoms with Crippen molar-refractivity contribution in [3.8, 4) is 0 Å². The highest BCUT2D eigenvalue weighted by atomic mass is 14.7. The highest BCUT2D eigenvalue weighted by molar-refractivity contribution is 5.82. The number of hydrogen-bond donors (Lipinski definition) is 0. The number of hydrogen-bond acceptors (Lipinski definition) is 1. The molecule has 0 aliphatic rings. The lowest BCUT2D eigenvalue weighted by Crippen LogP contribution is -1.88. The van der Waals surface area contributed by atoms with Gasteiger partial charge in [0.1, 0.15) is 0 Å². The highest BCUT2D eigenvalue weighted by Gasteiger charge is 1.94. The number of rotatable bonds is 3. The van der Waals surface area contributed by atoms with E-state index in [1.54, 1.807) is 0 Å². The van der Waals surface area contributed by atoms with Crippen molar-refractivity contribution in [3.05, 3.63) is 58.8 Å². The first-order valence-corrected chi connectivity index (χ1v) is 5.44. The van der Waals surface area contributed by atoms with Crippen LogP contribution in [-0.2, 0) is 0 Å². The van der Waals surface area contributed by atoms with Crippen LogP contribution in [0.1, 0.15) is 30.5 Å². The van der Waals surface area contributed by atoms with Gasteiger partial charge in [-0.05, 0) is 44.9 Å². The van der Waals surface area contributed by atoms with Crippen LogP contribution in [0.4, 0.5) is 0 Å². The first kappa shape index (κ1) is 12.4. The summed E-state index contributed by atoms with van der Waals surface area (Å²) in [5.41, 5.74) is 5.71. The second-order valence-electron chi connectivity index (χ2n) is 4.25. The van der Waals surface area contributed by atoms with Crippen molar-refractivity contribution in [2.45, 2.75) is 27.7 Å². The van der Waals surface area contributed by atoms with Crippen LogP contribution in [0.2, 0.25) is 0 Å². The molecule has 0 unspecified atom stereocenters. The summed E-state index contributed by atoms with van der Waals surface area (Å²) < 4.78 is 0. The van der Waals surface area contributed by atoms with Crippen LogP contribution >= 0.6 is 0 Å². The van der Waals surface area contributed by atoms with E-state index in [1.165, 1.54) is 16.7 Å². The second kappa shape index (κ2) is 5.45. The minimum absolute atomic E-state index is 0.979. The van der Waals surface area contributed by atoms with Crippen LogP contribution in [0, 0.1) is 13.8 Å². The van der Waals surface area contributed by atoms with Crippen molar-refractivity contribution in [3.63, 3.8) is 0 Å². The van der Waals surface area contributed by atoms with Crippen molar-refractivity contribution >= 4 is 6.21 Å². The van der Waals surface area contributed by atoms with Gasteiger partial charge in [0.25, 0.3) is 0 Å². The maximum Gasteiger partial charge on any atom is 0.0375 e.